The minimum absolute atomic E-state index is 0.0448. The summed E-state index contributed by atoms with van der Waals surface area (Å²) in [6.45, 7) is 3.15. The van der Waals surface area contributed by atoms with Crippen LogP contribution in [-0.2, 0) is 17.8 Å². The Morgan fingerprint density at radius 1 is 1.38 bits per heavy atom. The highest BCUT2D eigenvalue weighted by Gasteiger charge is 2.38. The zero-order valence-electron chi connectivity index (χ0n) is 13.6. The molecule has 2 aliphatic rings. The number of likely N-dealkylation sites (tertiary alicyclic amines) is 1. The van der Waals surface area contributed by atoms with Crippen LogP contribution in [0.25, 0.3) is 0 Å². The Balaban J connectivity index is 1.37. The Morgan fingerprint density at radius 3 is 2.96 bits per heavy atom. The maximum atomic E-state index is 12.6. The molecule has 1 saturated heterocycles. The number of hydrogen-bond acceptors (Lipinski definition) is 5. The second-order valence-corrected chi connectivity index (χ2v) is 6.57. The van der Waals surface area contributed by atoms with Gasteiger partial charge in [0, 0.05) is 25.1 Å². The van der Waals surface area contributed by atoms with Crippen LogP contribution in [0.1, 0.15) is 34.9 Å². The van der Waals surface area contributed by atoms with E-state index < -0.39 is 6.10 Å². The minimum atomic E-state index is -0.397. The van der Waals surface area contributed by atoms with Crippen LogP contribution in [0.4, 0.5) is 0 Å². The van der Waals surface area contributed by atoms with E-state index in [4.69, 9.17) is 14.4 Å². The molecule has 2 aromatic rings. The number of benzene rings is 1. The number of hydrogen-bond donors (Lipinski definition) is 1. The molecule has 1 N–H and O–H groups in total. The summed E-state index contributed by atoms with van der Waals surface area (Å²) in [4.78, 5) is 14.4. The second kappa shape index (κ2) is 5.94. The summed E-state index contributed by atoms with van der Waals surface area (Å²) in [5.41, 5.74) is 3.19. The van der Waals surface area contributed by atoms with E-state index in [2.05, 4.69) is 18.1 Å². The van der Waals surface area contributed by atoms with Gasteiger partial charge in [-0.3, -0.25) is 4.79 Å². The normalized spacial score (nSPS) is 20.2. The van der Waals surface area contributed by atoms with Crippen molar-refractivity contribution in [2.75, 3.05) is 13.1 Å². The first-order valence-electron chi connectivity index (χ1n) is 8.25. The molecule has 1 atom stereocenters. The average molecular weight is 328 g/mol. The molecule has 1 aromatic carbocycles. The zero-order chi connectivity index (χ0) is 16.7. The lowest BCUT2D eigenvalue weighted by Crippen LogP contribution is -2.53. The van der Waals surface area contributed by atoms with Gasteiger partial charge in [0.05, 0.1) is 5.69 Å². The van der Waals surface area contributed by atoms with Gasteiger partial charge < -0.3 is 19.3 Å². The fourth-order valence-corrected chi connectivity index (χ4v) is 3.34. The fraction of sp³-hybridized carbons (Fsp3) is 0.444. The van der Waals surface area contributed by atoms with E-state index in [1.165, 1.54) is 11.1 Å². The lowest BCUT2D eigenvalue weighted by molar-refractivity contribution is -0.144. The molecule has 2 aliphatic heterocycles. The van der Waals surface area contributed by atoms with Gasteiger partial charge in [-0.15, -0.1) is 0 Å². The van der Waals surface area contributed by atoms with E-state index in [1.54, 1.807) is 6.07 Å². The number of carbonyl (C=O) groups excluding carboxylic acids is 1. The molecule has 4 rings (SSSR count). The van der Waals surface area contributed by atoms with Gasteiger partial charge in [-0.25, -0.2) is 0 Å². The molecule has 6 heteroatoms. The monoisotopic (exact) mass is 328 g/mol. The SMILES string of the molecule is Cc1ccc2c(c1)CCC(C(=O)N1CC(c3cc(CO)on3)C1)O2. The Bertz CT molecular complexity index is 764. The minimum Gasteiger partial charge on any atom is -0.480 e. The molecule has 0 aliphatic carbocycles. The molecule has 24 heavy (non-hydrogen) atoms. The summed E-state index contributed by atoms with van der Waals surface area (Å²) >= 11 is 0. The van der Waals surface area contributed by atoms with E-state index in [0.29, 0.717) is 18.8 Å². The molecule has 1 amide bonds. The molecule has 126 valence electrons. The van der Waals surface area contributed by atoms with Crippen molar-refractivity contribution in [3.05, 3.63) is 46.8 Å². The Kier molecular flexibility index (Phi) is 3.76. The van der Waals surface area contributed by atoms with Crippen molar-refractivity contribution in [3.63, 3.8) is 0 Å². The van der Waals surface area contributed by atoms with Crippen LogP contribution in [0.5, 0.6) is 5.75 Å². The van der Waals surface area contributed by atoms with Crippen molar-refractivity contribution in [3.8, 4) is 5.75 Å². The van der Waals surface area contributed by atoms with Crippen molar-refractivity contribution in [2.24, 2.45) is 0 Å². The molecule has 0 bridgehead atoms. The molecule has 1 fully saturated rings. The van der Waals surface area contributed by atoms with E-state index in [9.17, 15) is 4.79 Å². The number of aryl methyl sites for hydroxylation is 2. The van der Waals surface area contributed by atoms with E-state index in [0.717, 1.165) is 24.3 Å². The first-order valence-corrected chi connectivity index (χ1v) is 8.25. The lowest BCUT2D eigenvalue weighted by Gasteiger charge is -2.40. The van der Waals surface area contributed by atoms with Crippen molar-refractivity contribution in [1.29, 1.82) is 0 Å². The van der Waals surface area contributed by atoms with Crippen LogP contribution >= 0.6 is 0 Å². The highest BCUT2D eigenvalue weighted by molar-refractivity contribution is 5.82. The van der Waals surface area contributed by atoms with E-state index in [1.807, 2.05) is 17.0 Å². The number of aliphatic hydroxyl groups excluding tert-OH is 1. The van der Waals surface area contributed by atoms with Crippen LogP contribution in [0.15, 0.2) is 28.8 Å². The van der Waals surface area contributed by atoms with Gasteiger partial charge in [0.25, 0.3) is 5.91 Å². The van der Waals surface area contributed by atoms with Crippen LogP contribution in [0.2, 0.25) is 0 Å². The summed E-state index contributed by atoms with van der Waals surface area (Å²) in [5, 5.41) is 13.0. The number of fused-ring (bicyclic) bond motifs is 1. The lowest BCUT2D eigenvalue weighted by atomic mass is 9.94. The highest BCUT2D eigenvalue weighted by Crippen LogP contribution is 2.32. The molecule has 0 radical (unpaired) electrons. The van der Waals surface area contributed by atoms with Gasteiger partial charge in [0.15, 0.2) is 11.9 Å². The topological polar surface area (TPSA) is 75.8 Å². The van der Waals surface area contributed by atoms with Gasteiger partial charge in [0.1, 0.15) is 12.4 Å². The van der Waals surface area contributed by atoms with E-state index in [-0.39, 0.29) is 18.4 Å². The third kappa shape index (κ3) is 2.67. The van der Waals surface area contributed by atoms with E-state index >= 15 is 0 Å². The Morgan fingerprint density at radius 2 is 2.21 bits per heavy atom. The summed E-state index contributed by atoms with van der Waals surface area (Å²) in [6.07, 6.45) is 1.19. The largest absolute Gasteiger partial charge is 0.480 e. The number of amides is 1. The first kappa shape index (κ1) is 15.2. The average Bonchev–Trinajstić information content (AvgIpc) is 3.01. The molecule has 0 saturated carbocycles. The Labute approximate surface area is 140 Å². The summed E-state index contributed by atoms with van der Waals surface area (Å²) < 4.78 is 10.9. The predicted molar refractivity (Wildman–Crippen MR) is 85.7 cm³/mol. The third-order valence-electron chi connectivity index (χ3n) is 4.78. The molecular weight excluding hydrogens is 308 g/mol. The molecule has 3 heterocycles. The van der Waals surface area contributed by atoms with Crippen LogP contribution in [0.3, 0.4) is 0 Å². The zero-order valence-corrected chi connectivity index (χ0v) is 13.6. The number of carbonyl (C=O) groups is 1. The van der Waals surface area contributed by atoms with Crippen molar-refractivity contribution in [1.82, 2.24) is 10.1 Å². The molecule has 1 aromatic heterocycles. The van der Waals surface area contributed by atoms with Crippen molar-refractivity contribution >= 4 is 5.91 Å². The van der Waals surface area contributed by atoms with Gasteiger partial charge in [-0.2, -0.15) is 0 Å². The second-order valence-electron chi connectivity index (χ2n) is 6.57. The van der Waals surface area contributed by atoms with Crippen LogP contribution in [0, 0.1) is 6.92 Å². The van der Waals surface area contributed by atoms with Crippen LogP contribution < -0.4 is 4.74 Å². The van der Waals surface area contributed by atoms with Crippen molar-refractivity contribution < 1.29 is 19.2 Å². The maximum Gasteiger partial charge on any atom is 0.263 e. The summed E-state index contributed by atoms with van der Waals surface area (Å²) in [5.74, 6) is 1.50. The van der Waals surface area contributed by atoms with Crippen molar-refractivity contribution in [2.45, 2.75) is 38.4 Å². The van der Waals surface area contributed by atoms with Gasteiger partial charge in [-0.05, 0) is 31.4 Å². The molecule has 1 unspecified atom stereocenters. The number of rotatable bonds is 3. The summed E-state index contributed by atoms with van der Waals surface area (Å²) in [6, 6.07) is 7.84. The van der Waals surface area contributed by atoms with Gasteiger partial charge >= 0.3 is 0 Å². The molecule has 6 nitrogen and oxygen atoms in total. The Hall–Kier alpha value is -2.34. The molecule has 0 spiro atoms. The maximum absolute atomic E-state index is 12.6. The first-order chi connectivity index (χ1) is 11.6. The number of ether oxygens (including phenoxy) is 1. The fourth-order valence-electron chi connectivity index (χ4n) is 3.34. The predicted octanol–water partition coefficient (Wildman–Crippen LogP) is 1.79. The third-order valence-corrected chi connectivity index (χ3v) is 4.78. The standard InChI is InChI=1S/C18H20N2O4/c1-11-2-4-16-12(6-11)3-5-17(23-16)18(22)20-8-13(9-20)15-7-14(10-21)24-19-15/h2,4,6-7,13,17,21H,3,5,8-10H2,1H3. The van der Waals surface area contributed by atoms with Crippen LogP contribution in [-0.4, -0.2) is 40.3 Å². The summed E-state index contributed by atoms with van der Waals surface area (Å²) in [7, 11) is 0. The van der Waals surface area contributed by atoms with Gasteiger partial charge in [0.2, 0.25) is 0 Å². The number of aliphatic hydroxyl groups is 1. The number of nitrogens with zero attached hydrogens (tertiary/aromatic N) is 2. The quantitative estimate of drug-likeness (QED) is 0.930. The van der Waals surface area contributed by atoms with Gasteiger partial charge in [-0.1, -0.05) is 22.9 Å². The number of aromatic nitrogens is 1. The molecular formula is C18H20N2O4. The smallest absolute Gasteiger partial charge is 0.263 e. The highest BCUT2D eigenvalue weighted by atomic mass is 16.5.